The fraction of sp³-hybridized carbons (Fsp3) is 0.375. The molecule has 30 heavy (non-hydrogen) atoms. The molecule has 1 atom stereocenters. The number of Topliss-reactive ketones (excluding diaryl/α,β-unsaturated/α-hetero) is 1. The Kier molecular flexibility index (Phi) is 11.1. The Morgan fingerprint density at radius 2 is 1.20 bits per heavy atom. The zero-order chi connectivity index (χ0) is 22.5. The van der Waals surface area contributed by atoms with Gasteiger partial charge in [0.1, 0.15) is 0 Å². The van der Waals surface area contributed by atoms with Gasteiger partial charge in [-0.2, -0.15) is 0 Å². The molecule has 0 amide bonds. The van der Waals surface area contributed by atoms with E-state index >= 15 is 0 Å². The van der Waals surface area contributed by atoms with Gasteiger partial charge in [0.2, 0.25) is 0 Å². The molecular formula is C24H30O6. The fourth-order valence-corrected chi connectivity index (χ4v) is 2.68. The third-order valence-corrected chi connectivity index (χ3v) is 4.38. The molecule has 0 radical (unpaired) electrons. The van der Waals surface area contributed by atoms with Gasteiger partial charge in [0.15, 0.2) is 5.78 Å². The van der Waals surface area contributed by atoms with Crippen LogP contribution in [0.4, 0.5) is 0 Å². The smallest absolute Gasteiger partial charge is 0.337 e. The van der Waals surface area contributed by atoms with Crippen molar-refractivity contribution in [1.82, 2.24) is 0 Å². The van der Waals surface area contributed by atoms with Crippen LogP contribution in [0.3, 0.4) is 0 Å². The molecule has 0 unspecified atom stereocenters. The second-order valence-electron chi connectivity index (χ2n) is 6.66. The molecule has 6 nitrogen and oxygen atoms in total. The first-order chi connectivity index (χ1) is 14.4. The number of carbonyl (C=O) groups excluding carboxylic acids is 3. The summed E-state index contributed by atoms with van der Waals surface area (Å²) in [5.74, 6) is -0.634. The topological polar surface area (TPSA) is 89.9 Å². The van der Waals surface area contributed by atoms with Crippen LogP contribution in [0.2, 0.25) is 0 Å². The van der Waals surface area contributed by atoms with Gasteiger partial charge in [-0.15, -0.1) is 0 Å². The molecule has 1 N–H and O–H groups in total. The molecule has 162 valence electrons. The van der Waals surface area contributed by atoms with Crippen molar-refractivity contribution >= 4 is 17.7 Å². The average molecular weight is 414 g/mol. The summed E-state index contributed by atoms with van der Waals surface area (Å²) in [4.78, 5) is 33.7. The molecule has 0 aliphatic heterocycles. The van der Waals surface area contributed by atoms with Crippen LogP contribution < -0.4 is 0 Å². The molecule has 2 aromatic rings. The van der Waals surface area contributed by atoms with Crippen molar-refractivity contribution in [3.63, 3.8) is 0 Å². The third-order valence-electron chi connectivity index (χ3n) is 4.38. The van der Waals surface area contributed by atoms with Crippen molar-refractivity contribution in [1.29, 1.82) is 0 Å². The Labute approximate surface area is 177 Å². The highest BCUT2D eigenvalue weighted by molar-refractivity contribution is 5.97. The molecule has 0 aliphatic rings. The number of rotatable bonds is 8. The molecule has 0 bridgehead atoms. The van der Waals surface area contributed by atoms with Crippen molar-refractivity contribution in [3.05, 3.63) is 70.8 Å². The largest absolute Gasteiger partial charge is 0.465 e. The molecular weight excluding hydrogens is 384 g/mol. The van der Waals surface area contributed by atoms with Gasteiger partial charge in [-0.25, -0.2) is 9.59 Å². The van der Waals surface area contributed by atoms with Crippen LogP contribution in [0.25, 0.3) is 0 Å². The zero-order valence-corrected chi connectivity index (χ0v) is 18.0. The maximum atomic E-state index is 11.5. The number of hydrogen-bond donors (Lipinski definition) is 1. The number of benzene rings is 2. The van der Waals surface area contributed by atoms with Gasteiger partial charge in [0, 0.05) is 12.0 Å². The summed E-state index contributed by atoms with van der Waals surface area (Å²) < 4.78 is 9.14. The number of carbonyl (C=O) groups is 3. The summed E-state index contributed by atoms with van der Waals surface area (Å²) in [6.07, 6.45) is 2.59. The summed E-state index contributed by atoms with van der Waals surface area (Å²) in [5, 5.41) is 9.69. The van der Waals surface area contributed by atoms with Gasteiger partial charge in [0.05, 0.1) is 31.5 Å². The Balaban J connectivity index is 0.000000300. The molecule has 2 rings (SSSR count). The average Bonchev–Trinajstić information content (AvgIpc) is 2.79. The molecule has 0 saturated carbocycles. The van der Waals surface area contributed by atoms with E-state index in [0.717, 1.165) is 24.8 Å². The molecule has 0 aliphatic carbocycles. The lowest BCUT2D eigenvalue weighted by Crippen LogP contribution is -2.03. The van der Waals surface area contributed by atoms with E-state index in [1.807, 2.05) is 13.8 Å². The lowest BCUT2D eigenvalue weighted by Gasteiger charge is -2.09. The zero-order valence-electron chi connectivity index (χ0n) is 18.0. The summed E-state index contributed by atoms with van der Waals surface area (Å²) in [5.41, 5.74) is 2.45. The first kappa shape index (κ1) is 25.0. The van der Waals surface area contributed by atoms with Crippen LogP contribution in [0.15, 0.2) is 48.5 Å². The molecule has 0 fully saturated rings. The first-order valence-electron chi connectivity index (χ1n) is 9.95. The standard InChI is InChI=1S/C12H16O3.C12H14O3/c2*1-3-4-11(13)9-5-7-10(8-6-9)12(14)15-2/h5-8,11,13H,3-4H2,1-2H3;5-8H,3-4H2,1-2H3/t11-;/m1./s1. The Hall–Kier alpha value is -2.99. The molecule has 0 heterocycles. The summed E-state index contributed by atoms with van der Waals surface area (Å²) in [7, 11) is 2.68. The quantitative estimate of drug-likeness (QED) is 0.495. The third kappa shape index (κ3) is 7.79. The van der Waals surface area contributed by atoms with Crippen LogP contribution in [0, 0.1) is 0 Å². The summed E-state index contributed by atoms with van der Waals surface area (Å²) >= 11 is 0. The van der Waals surface area contributed by atoms with Crippen LogP contribution >= 0.6 is 0 Å². The van der Waals surface area contributed by atoms with Gasteiger partial charge in [-0.1, -0.05) is 44.5 Å². The van der Waals surface area contributed by atoms with Crippen molar-refractivity contribution < 1.29 is 29.0 Å². The van der Waals surface area contributed by atoms with Gasteiger partial charge < -0.3 is 14.6 Å². The highest BCUT2D eigenvalue weighted by atomic mass is 16.5. The van der Waals surface area contributed by atoms with E-state index in [4.69, 9.17) is 0 Å². The highest BCUT2D eigenvalue weighted by Crippen LogP contribution is 2.18. The number of ether oxygens (including phenoxy) is 2. The predicted molar refractivity (Wildman–Crippen MR) is 115 cm³/mol. The van der Waals surface area contributed by atoms with E-state index in [0.29, 0.717) is 23.1 Å². The minimum absolute atomic E-state index is 0.105. The number of aliphatic hydroxyl groups excluding tert-OH is 1. The van der Waals surface area contributed by atoms with Crippen molar-refractivity contribution in [2.45, 2.75) is 45.6 Å². The molecule has 0 aromatic heterocycles. The Morgan fingerprint density at radius 3 is 1.60 bits per heavy atom. The number of aliphatic hydroxyl groups is 1. The Bertz CT molecular complexity index is 809. The van der Waals surface area contributed by atoms with E-state index in [9.17, 15) is 19.5 Å². The summed E-state index contributed by atoms with van der Waals surface area (Å²) in [6, 6.07) is 13.4. The Morgan fingerprint density at radius 1 is 0.767 bits per heavy atom. The fourth-order valence-electron chi connectivity index (χ4n) is 2.68. The summed E-state index contributed by atoms with van der Waals surface area (Å²) in [6.45, 7) is 3.98. The van der Waals surface area contributed by atoms with Gasteiger partial charge >= 0.3 is 11.9 Å². The predicted octanol–water partition coefficient (Wildman–Crippen LogP) is 4.76. The second-order valence-corrected chi connectivity index (χ2v) is 6.66. The van der Waals surface area contributed by atoms with E-state index in [1.54, 1.807) is 48.5 Å². The van der Waals surface area contributed by atoms with Crippen LogP contribution in [0.5, 0.6) is 0 Å². The van der Waals surface area contributed by atoms with E-state index in [1.165, 1.54) is 14.2 Å². The molecule has 0 spiro atoms. The number of methoxy groups -OCH3 is 2. The van der Waals surface area contributed by atoms with Crippen molar-refractivity contribution in [3.8, 4) is 0 Å². The maximum absolute atomic E-state index is 11.5. The lowest BCUT2D eigenvalue weighted by atomic mass is 10.0. The van der Waals surface area contributed by atoms with Crippen LogP contribution in [-0.2, 0) is 9.47 Å². The van der Waals surface area contributed by atoms with Gasteiger partial charge in [-0.05, 0) is 42.7 Å². The number of ketones is 1. The SMILES string of the molecule is CCCC(=O)c1ccc(C(=O)OC)cc1.CCC[C@@H](O)c1ccc(C(=O)OC)cc1. The molecule has 0 saturated heterocycles. The number of esters is 2. The van der Waals surface area contributed by atoms with E-state index in [-0.39, 0.29) is 17.7 Å². The first-order valence-corrected chi connectivity index (χ1v) is 9.95. The maximum Gasteiger partial charge on any atom is 0.337 e. The van der Waals surface area contributed by atoms with E-state index in [2.05, 4.69) is 9.47 Å². The van der Waals surface area contributed by atoms with Crippen LogP contribution in [-0.4, -0.2) is 37.0 Å². The highest BCUT2D eigenvalue weighted by Gasteiger charge is 2.09. The molecule has 6 heteroatoms. The monoisotopic (exact) mass is 414 g/mol. The van der Waals surface area contributed by atoms with E-state index < -0.39 is 6.10 Å². The van der Waals surface area contributed by atoms with Crippen molar-refractivity contribution in [2.75, 3.05) is 14.2 Å². The minimum atomic E-state index is -0.443. The minimum Gasteiger partial charge on any atom is -0.465 e. The number of hydrogen-bond acceptors (Lipinski definition) is 6. The molecule has 2 aromatic carbocycles. The second kappa shape index (κ2) is 13.3. The lowest BCUT2D eigenvalue weighted by molar-refractivity contribution is 0.0591. The van der Waals surface area contributed by atoms with Crippen molar-refractivity contribution in [2.24, 2.45) is 0 Å². The van der Waals surface area contributed by atoms with Gasteiger partial charge in [0.25, 0.3) is 0 Å². The normalized spacial score (nSPS) is 11.0. The van der Waals surface area contributed by atoms with Gasteiger partial charge in [-0.3, -0.25) is 4.79 Å². The van der Waals surface area contributed by atoms with Crippen LogP contribution in [0.1, 0.15) is 82.3 Å².